The normalized spacial score (nSPS) is 22.2. The van der Waals surface area contributed by atoms with E-state index in [0.29, 0.717) is 30.1 Å². The predicted octanol–water partition coefficient (Wildman–Crippen LogP) is 2.74. The highest BCUT2D eigenvalue weighted by atomic mass is 32.2. The van der Waals surface area contributed by atoms with Crippen LogP contribution in [0.5, 0.6) is 0 Å². The Morgan fingerprint density at radius 2 is 1.69 bits per heavy atom. The van der Waals surface area contributed by atoms with Crippen molar-refractivity contribution in [2.75, 3.05) is 59.0 Å². The van der Waals surface area contributed by atoms with Crippen LogP contribution in [0.4, 0.5) is 0 Å². The zero-order valence-corrected chi connectivity index (χ0v) is 20.1. The number of rotatable bonds is 6. The van der Waals surface area contributed by atoms with Crippen LogP contribution in [-0.4, -0.2) is 87.5 Å². The summed E-state index contributed by atoms with van der Waals surface area (Å²) in [4.78, 5) is 17.8. The van der Waals surface area contributed by atoms with Gasteiger partial charge in [0.15, 0.2) is 0 Å². The van der Waals surface area contributed by atoms with Gasteiger partial charge >= 0.3 is 0 Å². The minimum atomic E-state index is -3.56. The number of amides is 1. The number of aryl methyl sites for hydroxylation is 1. The third-order valence-electron chi connectivity index (χ3n) is 7.23. The maximum Gasteiger partial charge on any atom is 0.253 e. The van der Waals surface area contributed by atoms with E-state index in [-0.39, 0.29) is 10.8 Å². The van der Waals surface area contributed by atoms with Gasteiger partial charge in [0, 0.05) is 44.8 Å². The number of carbonyl (C=O) groups excluding carboxylic acids is 1. The van der Waals surface area contributed by atoms with Crippen molar-refractivity contribution in [2.24, 2.45) is 5.92 Å². The fraction of sp³-hybridized carbons (Fsp3) is 0.708. The molecule has 8 heteroatoms. The van der Waals surface area contributed by atoms with E-state index in [1.165, 1.54) is 6.42 Å². The van der Waals surface area contributed by atoms with Crippen LogP contribution < -0.4 is 0 Å². The van der Waals surface area contributed by atoms with Gasteiger partial charge in [0.05, 0.1) is 18.1 Å². The summed E-state index contributed by atoms with van der Waals surface area (Å²) in [5.41, 5.74) is 1.19. The third-order valence-corrected chi connectivity index (χ3v) is 9.27. The lowest BCUT2D eigenvalue weighted by molar-refractivity contribution is 0.0332. The summed E-state index contributed by atoms with van der Waals surface area (Å²) in [6.07, 6.45) is 6.08. The fourth-order valence-electron chi connectivity index (χ4n) is 5.05. The Morgan fingerprint density at radius 1 is 1.00 bits per heavy atom. The van der Waals surface area contributed by atoms with Crippen LogP contribution in [0.15, 0.2) is 23.1 Å². The lowest BCUT2D eigenvalue weighted by atomic mass is 9.93. The van der Waals surface area contributed by atoms with Gasteiger partial charge in [-0.25, -0.2) is 8.42 Å². The molecule has 0 aromatic heterocycles. The van der Waals surface area contributed by atoms with Crippen molar-refractivity contribution in [3.63, 3.8) is 0 Å². The van der Waals surface area contributed by atoms with E-state index < -0.39 is 10.0 Å². The third kappa shape index (κ3) is 5.53. The van der Waals surface area contributed by atoms with E-state index in [9.17, 15) is 13.2 Å². The number of ether oxygens (including phenoxy) is 1. The average molecular weight is 464 g/mol. The zero-order chi connectivity index (χ0) is 22.6. The second kappa shape index (κ2) is 10.6. The van der Waals surface area contributed by atoms with Crippen molar-refractivity contribution in [1.29, 1.82) is 0 Å². The summed E-state index contributed by atoms with van der Waals surface area (Å²) >= 11 is 0. The monoisotopic (exact) mass is 463 g/mol. The van der Waals surface area contributed by atoms with Gasteiger partial charge in [0.25, 0.3) is 5.91 Å². The number of nitrogens with zero attached hydrogens (tertiary/aromatic N) is 3. The lowest BCUT2D eigenvalue weighted by Crippen LogP contribution is -2.41. The summed E-state index contributed by atoms with van der Waals surface area (Å²) in [6.45, 7) is 9.25. The molecule has 0 atom stereocenters. The Labute approximate surface area is 192 Å². The molecule has 1 aromatic carbocycles. The van der Waals surface area contributed by atoms with Gasteiger partial charge in [-0.3, -0.25) is 9.69 Å². The minimum absolute atomic E-state index is 0.0493. The number of sulfonamides is 1. The van der Waals surface area contributed by atoms with Gasteiger partial charge < -0.3 is 9.64 Å². The zero-order valence-electron chi connectivity index (χ0n) is 19.3. The number of piperidine rings is 2. The second-order valence-corrected chi connectivity index (χ2v) is 11.3. The first-order valence-electron chi connectivity index (χ1n) is 12.2. The first-order valence-corrected chi connectivity index (χ1v) is 13.6. The van der Waals surface area contributed by atoms with E-state index in [2.05, 4.69) is 4.90 Å². The highest BCUT2D eigenvalue weighted by molar-refractivity contribution is 7.89. The van der Waals surface area contributed by atoms with E-state index in [1.54, 1.807) is 22.5 Å². The Kier molecular flexibility index (Phi) is 7.87. The molecule has 0 radical (unpaired) electrons. The quantitative estimate of drug-likeness (QED) is 0.649. The molecular weight excluding hydrogens is 426 g/mol. The standard InChI is InChI=1S/C24H37N3O4S/c1-20-5-6-22(19-23(20)32(29,30)27-10-3-2-4-11-27)24(28)26-13-8-21(9-14-26)7-12-25-15-17-31-18-16-25/h5-6,19,21H,2-4,7-18H2,1H3. The molecule has 3 aliphatic heterocycles. The number of carbonyl (C=O) groups is 1. The Morgan fingerprint density at radius 3 is 2.38 bits per heavy atom. The van der Waals surface area contributed by atoms with Crippen LogP contribution in [0.25, 0.3) is 0 Å². The molecule has 178 valence electrons. The van der Waals surface area contributed by atoms with Gasteiger partial charge in [-0.2, -0.15) is 4.31 Å². The van der Waals surface area contributed by atoms with Crippen molar-refractivity contribution >= 4 is 15.9 Å². The molecular formula is C24H37N3O4S. The topological polar surface area (TPSA) is 70.2 Å². The maximum atomic E-state index is 13.2. The van der Waals surface area contributed by atoms with Crippen molar-refractivity contribution in [1.82, 2.24) is 14.1 Å². The summed E-state index contributed by atoms with van der Waals surface area (Å²) < 4.78 is 33.4. The smallest absolute Gasteiger partial charge is 0.253 e. The van der Waals surface area contributed by atoms with Gasteiger partial charge in [0.2, 0.25) is 10.0 Å². The molecule has 0 saturated carbocycles. The Bertz CT molecular complexity index is 885. The molecule has 7 nitrogen and oxygen atoms in total. The molecule has 0 N–H and O–H groups in total. The number of hydrogen-bond acceptors (Lipinski definition) is 5. The molecule has 0 bridgehead atoms. The predicted molar refractivity (Wildman–Crippen MR) is 124 cm³/mol. The number of benzene rings is 1. The molecule has 1 amide bonds. The van der Waals surface area contributed by atoms with Crippen LogP contribution in [-0.2, 0) is 14.8 Å². The molecule has 3 fully saturated rings. The average Bonchev–Trinajstić information content (AvgIpc) is 2.84. The fourth-order valence-corrected chi connectivity index (χ4v) is 6.82. The van der Waals surface area contributed by atoms with Crippen LogP contribution in [0.2, 0.25) is 0 Å². The molecule has 1 aromatic rings. The first kappa shape index (κ1) is 23.7. The Balaban J connectivity index is 1.36. The SMILES string of the molecule is Cc1ccc(C(=O)N2CCC(CCN3CCOCC3)CC2)cc1S(=O)(=O)N1CCCCC1. The van der Waals surface area contributed by atoms with Crippen molar-refractivity contribution in [3.8, 4) is 0 Å². The molecule has 3 aliphatic rings. The number of likely N-dealkylation sites (tertiary alicyclic amines) is 1. The van der Waals surface area contributed by atoms with E-state index in [4.69, 9.17) is 4.74 Å². The molecule has 0 unspecified atom stereocenters. The summed E-state index contributed by atoms with van der Waals surface area (Å²) in [5, 5.41) is 0. The highest BCUT2D eigenvalue weighted by Gasteiger charge is 2.29. The highest BCUT2D eigenvalue weighted by Crippen LogP contribution is 2.27. The van der Waals surface area contributed by atoms with E-state index >= 15 is 0 Å². The van der Waals surface area contributed by atoms with E-state index in [0.717, 1.165) is 78.0 Å². The lowest BCUT2D eigenvalue weighted by Gasteiger charge is -2.34. The van der Waals surface area contributed by atoms with Crippen LogP contribution >= 0.6 is 0 Å². The molecule has 0 aliphatic carbocycles. The number of hydrogen-bond donors (Lipinski definition) is 0. The van der Waals surface area contributed by atoms with Crippen molar-refractivity contribution in [3.05, 3.63) is 29.3 Å². The molecule has 3 heterocycles. The van der Waals surface area contributed by atoms with Gasteiger partial charge in [0.1, 0.15) is 0 Å². The molecule has 4 rings (SSSR count). The summed E-state index contributed by atoms with van der Waals surface area (Å²) in [6, 6.07) is 5.16. The second-order valence-electron chi connectivity index (χ2n) is 9.42. The first-order chi connectivity index (χ1) is 15.4. The van der Waals surface area contributed by atoms with Gasteiger partial charge in [-0.1, -0.05) is 12.5 Å². The summed E-state index contributed by atoms with van der Waals surface area (Å²) in [5.74, 6) is 0.599. The van der Waals surface area contributed by atoms with Crippen LogP contribution in [0.1, 0.15) is 54.4 Å². The van der Waals surface area contributed by atoms with Crippen LogP contribution in [0.3, 0.4) is 0 Å². The molecule has 32 heavy (non-hydrogen) atoms. The maximum absolute atomic E-state index is 13.2. The minimum Gasteiger partial charge on any atom is -0.379 e. The van der Waals surface area contributed by atoms with E-state index in [1.807, 2.05) is 11.8 Å². The molecule has 0 spiro atoms. The Hall–Kier alpha value is -1.48. The van der Waals surface area contributed by atoms with Gasteiger partial charge in [-0.05, 0) is 69.2 Å². The van der Waals surface area contributed by atoms with Crippen LogP contribution in [0, 0.1) is 12.8 Å². The van der Waals surface area contributed by atoms with Crippen molar-refractivity contribution < 1.29 is 17.9 Å². The van der Waals surface area contributed by atoms with Gasteiger partial charge in [-0.15, -0.1) is 0 Å². The summed E-state index contributed by atoms with van der Waals surface area (Å²) in [7, 11) is -3.56. The molecule has 3 saturated heterocycles. The number of morpholine rings is 1. The largest absolute Gasteiger partial charge is 0.379 e. The van der Waals surface area contributed by atoms with Crippen molar-refractivity contribution in [2.45, 2.75) is 50.3 Å².